The van der Waals surface area contributed by atoms with Gasteiger partial charge in [0, 0.05) is 12.1 Å². The minimum atomic E-state index is -0.974. The monoisotopic (exact) mass is 219 g/mol. The maximum atomic E-state index is 10.3. The Labute approximate surface area is 95.6 Å². The number of rotatable bonds is 5. The Morgan fingerprint density at radius 3 is 2.56 bits per heavy atom. The maximum absolute atomic E-state index is 10.3. The predicted octanol–water partition coefficient (Wildman–Crippen LogP) is 2.28. The lowest BCUT2D eigenvalue weighted by Crippen LogP contribution is -2.07. The van der Waals surface area contributed by atoms with E-state index in [4.69, 9.17) is 10.8 Å². The topological polar surface area (TPSA) is 63.3 Å². The van der Waals surface area contributed by atoms with E-state index in [9.17, 15) is 4.79 Å². The summed E-state index contributed by atoms with van der Waals surface area (Å²) >= 11 is 0. The number of hydrogen-bond acceptors (Lipinski definition) is 2. The Morgan fingerprint density at radius 1 is 1.44 bits per heavy atom. The molecule has 0 bridgehead atoms. The summed E-state index contributed by atoms with van der Waals surface area (Å²) in [6.07, 6.45) is 4.73. The van der Waals surface area contributed by atoms with Crippen molar-refractivity contribution in [3.63, 3.8) is 0 Å². The lowest BCUT2D eigenvalue weighted by molar-refractivity contribution is -0.131. The molecule has 0 aliphatic carbocycles. The highest BCUT2D eigenvalue weighted by molar-refractivity contribution is 5.79. The Hall–Kier alpha value is -1.61. The molecule has 3 N–H and O–H groups in total. The third-order valence-electron chi connectivity index (χ3n) is 2.35. The second-order valence-electron chi connectivity index (χ2n) is 3.71. The van der Waals surface area contributed by atoms with Crippen molar-refractivity contribution in [2.75, 3.05) is 0 Å². The molecule has 0 saturated heterocycles. The molecule has 1 atom stereocenters. The third kappa shape index (κ3) is 3.87. The minimum Gasteiger partial charge on any atom is -0.478 e. The van der Waals surface area contributed by atoms with Crippen LogP contribution in [0.5, 0.6) is 0 Å². The summed E-state index contributed by atoms with van der Waals surface area (Å²) in [7, 11) is 0. The number of carbonyl (C=O) groups is 1. The van der Waals surface area contributed by atoms with Crippen LogP contribution in [-0.4, -0.2) is 11.1 Å². The summed E-state index contributed by atoms with van der Waals surface area (Å²) in [4.78, 5) is 10.3. The Kier molecular flexibility index (Phi) is 4.73. The summed E-state index contributed by atoms with van der Waals surface area (Å²) in [5.74, 6) is -0.974. The van der Waals surface area contributed by atoms with Gasteiger partial charge in [-0.15, -0.1) is 0 Å². The van der Waals surface area contributed by atoms with Crippen molar-refractivity contribution >= 4 is 5.97 Å². The number of carboxylic acids is 1. The van der Waals surface area contributed by atoms with E-state index >= 15 is 0 Å². The largest absolute Gasteiger partial charge is 0.478 e. The van der Waals surface area contributed by atoms with Gasteiger partial charge in [-0.1, -0.05) is 43.7 Å². The van der Waals surface area contributed by atoms with Crippen LogP contribution in [0.3, 0.4) is 0 Å². The molecule has 0 fully saturated rings. The van der Waals surface area contributed by atoms with E-state index in [0.717, 1.165) is 24.5 Å². The van der Waals surface area contributed by atoms with Crippen LogP contribution in [-0.2, 0) is 11.2 Å². The van der Waals surface area contributed by atoms with E-state index in [1.165, 1.54) is 11.6 Å². The van der Waals surface area contributed by atoms with Gasteiger partial charge in [-0.25, -0.2) is 4.79 Å². The summed E-state index contributed by atoms with van der Waals surface area (Å²) in [5, 5.41) is 8.48. The van der Waals surface area contributed by atoms with Gasteiger partial charge in [0.05, 0.1) is 0 Å². The molecule has 1 unspecified atom stereocenters. The molecule has 86 valence electrons. The van der Waals surface area contributed by atoms with Crippen LogP contribution in [0.4, 0.5) is 0 Å². The van der Waals surface area contributed by atoms with Crippen LogP contribution in [0, 0.1) is 0 Å². The first-order valence-corrected chi connectivity index (χ1v) is 5.39. The van der Waals surface area contributed by atoms with Crippen molar-refractivity contribution in [2.24, 2.45) is 5.73 Å². The average Bonchev–Trinajstić information content (AvgIpc) is 2.27. The van der Waals surface area contributed by atoms with Crippen molar-refractivity contribution in [3.8, 4) is 0 Å². The van der Waals surface area contributed by atoms with Gasteiger partial charge in [-0.05, 0) is 17.5 Å². The van der Waals surface area contributed by atoms with Crippen molar-refractivity contribution in [2.45, 2.75) is 25.8 Å². The summed E-state index contributed by atoms with van der Waals surface area (Å²) in [6, 6.07) is 7.61. The number of aryl methyl sites for hydroxylation is 1. The van der Waals surface area contributed by atoms with E-state index in [1.807, 2.05) is 24.3 Å². The quantitative estimate of drug-likeness (QED) is 0.747. The molecular weight excluding hydrogens is 202 g/mol. The van der Waals surface area contributed by atoms with Crippen LogP contribution >= 0.6 is 0 Å². The lowest BCUT2D eigenvalue weighted by atomic mass is 10.0. The Balaban J connectivity index is 2.69. The fraction of sp³-hybridized carbons (Fsp3) is 0.308. The SMILES string of the molecule is CCCc1ccc(C(N)/C=C/C(=O)O)cc1. The van der Waals surface area contributed by atoms with E-state index in [0.29, 0.717) is 0 Å². The fourth-order valence-electron chi connectivity index (χ4n) is 1.49. The minimum absolute atomic E-state index is 0.355. The summed E-state index contributed by atoms with van der Waals surface area (Å²) in [6.45, 7) is 2.13. The van der Waals surface area contributed by atoms with Gasteiger partial charge in [0.25, 0.3) is 0 Å². The first-order valence-electron chi connectivity index (χ1n) is 5.39. The van der Waals surface area contributed by atoms with E-state index < -0.39 is 5.97 Å². The highest BCUT2D eigenvalue weighted by Crippen LogP contribution is 2.13. The molecule has 0 aliphatic rings. The van der Waals surface area contributed by atoms with Crippen LogP contribution < -0.4 is 5.73 Å². The highest BCUT2D eigenvalue weighted by Gasteiger charge is 2.02. The first-order chi connectivity index (χ1) is 7.63. The zero-order valence-electron chi connectivity index (χ0n) is 9.39. The van der Waals surface area contributed by atoms with E-state index in [1.54, 1.807) is 0 Å². The van der Waals surface area contributed by atoms with E-state index in [2.05, 4.69) is 6.92 Å². The molecule has 0 spiro atoms. The molecule has 1 aromatic rings. The van der Waals surface area contributed by atoms with Gasteiger partial charge in [0.15, 0.2) is 0 Å². The normalized spacial score (nSPS) is 12.9. The molecule has 3 heteroatoms. The van der Waals surface area contributed by atoms with Crippen LogP contribution in [0.25, 0.3) is 0 Å². The van der Waals surface area contributed by atoms with Crippen molar-refractivity contribution in [3.05, 3.63) is 47.5 Å². The molecule has 0 radical (unpaired) electrons. The second kappa shape index (κ2) is 6.08. The molecule has 16 heavy (non-hydrogen) atoms. The standard InChI is InChI=1S/C13H17NO2/c1-2-3-10-4-6-11(7-5-10)12(14)8-9-13(15)16/h4-9,12H,2-3,14H2,1H3,(H,15,16)/b9-8+. The van der Waals surface area contributed by atoms with Gasteiger partial charge in [0.2, 0.25) is 0 Å². The number of nitrogens with two attached hydrogens (primary N) is 1. The zero-order valence-corrected chi connectivity index (χ0v) is 9.39. The summed E-state index contributed by atoms with van der Waals surface area (Å²) in [5.41, 5.74) is 8.02. The van der Waals surface area contributed by atoms with Gasteiger partial charge < -0.3 is 10.8 Å². The smallest absolute Gasteiger partial charge is 0.328 e. The van der Waals surface area contributed by atoms with Gasteiger partial charge >= 0.3 is 5.97 Å². The zero-order chi connectivity index (χ0) is 12.0. The average molecular weight is 219 g/mol. The molecule has 0 saturated carbocycles. The molecule has 0 aliphatic heterocycles. The molecule has 1 rings (SSSR count). The van der Waals surface area contributed by atoms with Gasteiger partial charge in [0.1, 0.15) is 0 Å². The first kappa shape index (κ1) is 12.5. The maximum Gasteiger partial charge on any atom is 0.328 e. The molecule has 0 heterocycles. The van der Waals surface area contributed by atoms with Gasteiger partial charge in [-0.3, -0.25) is 0 Å². The molecule has 1 aromatic carbocycles. The van der Waals surface area contributed by atoms with Crippen LogP contribution in [0.15, 0.2) is 36.4 Å². The molecule has 0 aromatic heterocycles. The lowest BCUT2D eigenvalue weighted by Gasteiger charge is -2.07. The number of hydrogen-bond donors (Lipinski definition) is 2. The third-order valence-corrected chi connectivity index (χ3v) is 2.35. The molecule has 0 amide bonds. The molecule has 3 nitrogen and oxygen atoms in total. The van der Waals surface area contributed by atoms with E-state index in [-0.39, 0.29) is 6.04 Å². The second-order valence-corrected chi connectivity index (χ2v) is 3.71. The number of aliphatic carboxylic acids is 1. The fourth-order valence-corrected chi connectivity index (χ4v) is 1.49. The number of benzene rings is 1. The van der Waals surface area contributed by atoms with Crippen LogP contribution in [0.1, 0.15) is 30.5 Å². The summed E-state index contributed by atoms with van der Waals surface area (Å²) < 4.78 is 0. The van der Waals surface area contributed by atoms with Crippen molar-refractivity contribution in [1.29, 1.82) is 0 Å². The molecular formula is C13H17NO2. The predicted molar refractivity (Wildman–Crippen MR) is 64.1 cm³/mol. The Bertz CT molecular complexity index is 368. The number of carboxylic acid groups (broad SMARTS) is 1. The Morgan fingerprint density at radius 2 is 2.06 bits per heavy atom. The highest BCUT2D eigenvalue weighted by atomic mass is 16.4. The van der Waals surface area contributed by atoms with Crippen LogP contribution in [0.2, 0.25) is 0 Å². The van der Waals surface area contributed by atoms with Crippen molar-refractivity contribution in [1.82, 2.24) is 0 Å². The van der Waals surface area contributed by atoms with Gasteiger partial charge in [-0.2, -0.15) is 0 Å². The van der Waals surface area contributed by atoms with Crippen molar-refractivity contribution < 1.29 is 9.90 Å².